The number of para-hydroxylation sites is 1. The first-order chi connectivity index (χ1) is 17.5. The Hall–Kier alpha value is -2.78. The van der Waals surface area contributed by atoms with Crippen molar-refractivity contribution in [3.63, 3.8) is 0 Å². The van der Waals surface area contributed by atoms with Crippen LogP contribution < -0.4 is 4.74 Å². The SMILES string of the molecule is CC(C)COc1ccccc1CN1CC2(CCN(C(=O)c3ccc(Cl)cc3)CC2)C1OC(=O)C(F)(F)F. The molecule has 2 aromatic rings. The van der Waals surface area contributed by atoms with Gasteiger partial charge in [-0.1, -0.05) is 43.6 Å². The van der Waals surface area contributed by atoms with Crippen LogP contribution in [0.2, 0.25) is 5.02 Å². The number of benzene rings is 2. The Labute approximate surface area is 219 Å². The number of hydrogen-bond donors (Lipinski definition) is 0. The minimum Gasteiger partial charge on any atom is -0.493 e. The van der Waals surface area contributed by atoms with Crippen LogP contribution in [-0.4, -0.2) is 60.3 Å². The number of carbonyl (C=O) groups is 2. The molecule has 2 aliphatic heterocycles. The molecule has 1 amide bonds. The third-order valence-corrected chi connectivity index (χ3v) is 7.13. The summed E-state index contributed by atoms with van der Waals surface area (Å²) in [7, 11) is 0. The maximum Gasteiger partial charge on any atom is 0.490 e. The van der Waals surface area contributed by atoms with Gasteiger partial charge in [0.15, 0.2) is 6.23 Å². The van der Waals surface area contributed by atoms with Gasteiger partial charge in [-0.15, -0.1) is 0 Å². The molecule has 0 N–H and O–H groups in total. The number of halogens is 4. The van der Waals surface area contributed by atoms with E-state index in [1.165, 1.54) is 0 Å². The Morgan fingerprint density at radius 2 is 1.73 bits per heavy atom. The Bertz CT molecular complexity index is 1120. The summed E-state index contributed by atoms with van der Waals surface area (Å²) in [6, 6.07) is 13.9. The van der Waals surface area contributed by atoms with Crippen LogP contribution in [0.15, 0.2) is 48.5 Å². The van der Waals surface area contributed by atoms with E-state index in [2.05, 4.69) is 0 Å². The van der Waals surface area contributed by atoms with Gasteiger partial charge < -0.3 is 14.4 Å². The maximum absolute atomic E-state index is 13.1. The molecule has 2 heterocycles. The number of carbonyl (C=O) groups excluding carboxylic acids is 2. The zero-order valence-corrected chi connectivity index (χ0v) is 21.5. The highest BCUT2D eigenvalue weighted by atomic mass is 35.5. The lowest BCUT2D eigenvalue weighted by Gasteiger charge is -2.59. The Morgan fingerprint density at radius 1 is 1.08 bits per heavy atom. The van der Waals surface area contributed by atoms with Gasteiger partial charge in [0.25, 0.3) is 5.91 Å². The summed E-state index contributed by atoms with van der Waals surface area (Å²) < 4.78 is 50.3. The molecule has 37 heavy (non-hydrogen) atoms. The lowest BCUT2D eigenvalue weighted by Crippen LogP contribution is -2.68. The van der Waals surface area contributed by atoms with E-state index in [0.29, 0.717) is 61.3 Å². The summed E-state index contributed by atoms with van der Waals surface area (Å²) in [6.07, 6.45) is -5.30. The molecule has 0 aromatic heterocycles. The van der Waals surface area contributed by atoms with Gasteiger partial charge in [0.05, 0.1) is 6.61 Å². The van der Waals surface area contributed by atoms with Crippen molar-refractivity contribution in [1.29, 1.82) is 0 Å². The molecule has 6 nitrogen and oxygen atoms in total. The molecule has 0 saturated carbocycles. The van der Waals surface area contributed by atoms with Crippen molar-refractivity contribution in [2.75, 3.05) is 26.2 Å². The number of ether oxygens (including phenoxy) is 2. The zero-order valence-electron chi connectivity index (χ0n) is 20.8. The number of alkyl halides is 3. The van der Waals surface area contributed by atoms with E-state index in [0.717, 1.165) is 5.56 Å². The zero-order chi connectivity index (χ0) is 26.8. The van der Waals surface area contributed by atoms with Crippen LogP contribution >= 0.6 is 11.6 Å². The fourth-order valence-electron chi connectivity index (χ4n) is 4.93. The molecule has 1 unspecified atom stereocenters. The topological polar surface area (TPSA) is 59.1 Å². The lowest BCUT2D eigenvalue weighted by atomic mass is 9.69. The van der Waals surface area contributed by atoms with Crippen molar-refractivity contribution in [2.24, 2.45) is 11.3 Å². The third kappa shape index (κ3) is 6.21. The van der Waals surface area contributed by atoms with E-state index in [-0.39, 0.29) is 12.5 Å². The molecule has 2 aliphatic rings. The molecule has 4 rings (SSSR count). The summed E-state index contributed by atoms with van der Waals surface area (Å²) >= 11 is 5.91. The van der Waals surface area contributed by atoms with Crippen LogP contribution in [0.4, 0.5) is 13.2 Å². The number of nitrogens with zero attached hydrogens (tertiary/aromatic N) is 2. The molecule has 1 spiro atoms. The quantitative estimate of drug-likeness (QED) is 0.433. The van der Waals surface area contributed by atoms with Gasteiger partial charge in [0.1, 0.15) is 5.75 Å². The Kier molecular flexibility index (Phi) is 8.04. The molecule has 0 aliphatic carbocycles. The molecule has 200 valence electrons. The molecular formula is C27H30ClF3N2O4. The second-order valence-electron chi connectivity index (χ2n) is 10.1. The fourth-order valence-corrected chi connectivity index (χ4v) is 5.06. The van der Waals surface area contributed by atoms with Crippen molar-refractivity contribution in [3.8, 4) is 5.75 Å². The number of hydrogen-bond acceptors (Lipinski definition) is 5. The maximum atomic E-state index is 13.1. The fraction of sp³-hybridized carbons (Fsp3) is 0.481. The van der Waals surface area contributed by atoms with Crippen molar-refractivity contribution in [3.05, 3.63) is 64.7 Å². The summed E-state index contributed by atoms with van der Waals surface area (Å²) in [6.45, 7) is 5.98. The van der Waals surface area contributed by atoms with Gasteiger partial charge >= 0.3 is 12.1 Å². The van der Waals surface area contributed by atoms with Crippen LogP contribution in [0.25, 0.3) is 0 Å². The van der Waals surface area contributed by atoms with Crippen molar-refractivity contribution in [2.45, 2.75) is 45.6 Å². The molecule has 2 fully saturated rings. The van der Waals surface area contributed by atoms with E-state index in [1.54, 1.807) is 34.1 Å². The predicted octanol–water partition coefficient (Wildman–Crippen LogP) is 5.54. The largest absolute Gasteiger partial charge is 0.493 e. The summed E-state index contributed by atoms with van der Waals surface area (Å²) in [5, 5.41) is 0.522. The smallest absolute Gasteiger partial charge is 0.490 e. The van der Waals surface area contributed by atoms with Gasteiger partial charge in [0, 0.05) is 47.7 Å². The van der Waals surface area contributed by atoms with Gasteiger partial charge in [0.2, 0.25) is 0 Å². The van der Waals surface area contributed by atoms with Gasteiger partial charge in [-0.25, -0.2) is 4.79 Å². The number of amides is 1. The second-order valence-corrected chi connectivity index (χ2v) is 10.6. The summed E-state index contributed by atoms with van der Waals surface area (Å²) in [4.78, 5) is 28.2. The standard InChI is InChI=1S/C27H30ClF3N2O4/c1-18(2)16-36-22-6-4-3-5-20(22)15-33-17-26(24(33)37-25(35)27(29,30)31)11-13-32(14-12-26)23(34)19-7-9-21(28)10-8-19/h3-10,18,24H,11-17H2,1-2H3. The predicted molar refractivity (Wildman–Crippen MR) is 132 cm³/mol. The van der Waals surface area contributed by atoms with E-state index >= 15 is 0 Å². The summed E-state index contributed by atoms with van der Waals surface area (Å²) in [5.74, 6) is -1.41. The number of likely N-dealkylation sites (tertiary alicyclic amines) is 2. The highest BCUT2D eigenvalue weighted by Crippen LogP contribution is 2.48. The molecule has 0 bridgehead atoms. The molecule has 1 atom stereocenters. The molecular weight excluding hydrogens is 509 g/mol. The van der Waals surface area contributed by atoms with Crippen LogP contribution in [0.3, 0.4) is 0 Å². The monoisotopic (exact) mass is 538 g/mol. The van der Waals surface area contributed by atoms with E-state index in [1.807, 2.05) is 38.1 Å². The number of rotatable bonds is 7. The highest BCUT2D eigenvalue weighted by molar-refractivity contribution is 6.30. The van der Waals surface area contributed by atoms with Gasteiger partial charge in [-0.05, 0) is 49.1 Å². The van der Waals surface area contributed by atoms with E-state index in [9.17, 15) is 22.8 Å². The van der Waals surface area contributed by atoms with Crippen molar-refractivity contribution < 1.29 is 32.2 Å². The average Bonchev–Trinajstić information content (AvgIpc) is 2.86. The minimum absolute atomic E-state index is 0.164. The first kappa shape index (κ1) is 27.3. The first-order valence-corrected chi connectivity index (χ1v) is 12.6. The number of esters is 1. The number of piperidine rings is 1. The molecule has 2 aromatic carbocycles. The van der Waals surface area contributed by atoms with Gasteiger partial charge in [-0.3, -0.25) is 9.69 Å². The third-order valence-electron chi connectivity index (χ3n) is 6.88. The van der Waals surface area contributed by atoms with E-state index < -0.39 is 23.8 Å². The van der Waals surface area contributed by atoms with Crippen molar-refractivity contribution in [1.82, 2.24) is 9.80 Å². The average molecular weight is 539 g/mol. The molecule has 2 saturated heterocycles. The molecule has 0 radical (unpaired) electrons. The van der Waals surface area contributed by atoms with Crippen LogP contribution in [0.1, 0.15) is 42.6 Å². The lowest BCUT2D eigenvalue weighted by molar-refractivity contribution is -0.261. The summed E-state index contributed by atoms with van der Waals surface area (Å²) in [5.41, 5.74) is 0.640. The normalized spacial score (nSPS) is 19.5. The highest BCUT2D eigenvalue weighted by Gasteiger charge is 2.58. The molecule has 10 heteroatoms. The van der Waals surface area contributed by atoms with Crippen LogP contribution in [0, 0.1) is 11.3 Å². The first-order valence-electron chi connectivity index (χ1n) is 12.3. The van der Waals surface area contributed by atoms with Crippen molar-refractivity contribution >= 4 is 23.5 Å². The second kappa shape index (κ2) is 10.9. The van der Waals surface area contributed by atoms with Gasteiger partial charge in [-0.2, -0.15) is 13.2 Å². The Morgan fingerprint density at radius 3 is 2.35 bits per heavy atom. The van der Waals surface area contributed by atoms with Crippen LogP contribution in [-0.2, 0) is 16.1 Å². The minimum atomic E-state index is -5.09. The Balaban J connectivity index is 1.48. The van der Waals surface area contributed by atoms with E-state index in [4.69, 9.17) is 21.1 Å². The van der Waals surface area contributed by atoms with Crippen LogP contribution in [0.5, 0.6) is 5.75 Å².